The molecule has 0 unspecified atom stereocenters. The fourth-order valence-corrected chi connectivity index (χ4v) is 4.87. The van der Waals surface area contributed by atoms with Crippen molar-refractivity contribution >= 4 is 33.0 Å². The number of nitrogens with zero attached hydrogens (tertiary/aromatic N) is 3. The van der Waals surface area contributed by atoms with Gasteiger partial charge in [0.1, 0.15) is 0 Å². The van der Waals surface area contributed by atoms with Crippen LogP contribution in [0.4, 0.5) is 5.69 Å². The number of hydrogen-bond acceptors (Lipinski definition) is 4. The van der Waals surface area contributed by atoms with E-state index in [2.05, 4.69) is 44.3 Å². The standard InChI is InChI=1S/C21H29N3OS/c1-17(25)24(18-7-8-18)11-3-2-10-22-12-14-23(15-13-22)20-5-4-6-21-19(20)9-16-26-21/h4-6,9,16,18H,2-3,7-8,10-15H2,1H3. The summed E-state index contributed by atoms with van der Waals surface area (Å²) < 4.78 is 1.38. The number of hydrogen-bond donors (Lipinski definition) is 0. The number of carbonyl (C=O) groups excluding carboxylic acids is 1. The molecular formula is C21H29N3OS. The molecule has 5 heteroatoms. The van der Waals surface area contributed by atoms with E-state index in [0.717, 1.165) is 45.7 Å². The number of amides is 1. The van der Waals surface area contributed by atoms with Gasteiger partial charge in [0, 0.05) is 61.5 Å². The molecule has 0 atom stereocenters. The van der Waals surface area contributed by atoms with Crippen LogP contribution in [-0.2, 0) is 4.79 Å². The van der Waals surface area contributed by atoms with E-state index < -0.39 is 0 Å². The number of carbonyl (C=O) groups is 1. The van der Waals surface area contributed by atoms with Gasteiger partial charge in [-0.3, -0.25) is 9.69 Å². The van der Waals surface area contributed by atoms with E-state index in [1.807, 2.05) is 11.3 Å². The average Bonchev–Trinajstić information content (AvgIpc) is 3.36. The lowest BCUT2D eigenvalue weighted by atomic mass is 10.1. The molecule has 0 bridgehead atoms. The Morgan fingerprint density at radius 1 is 1.15 bits per heavy atom. The van der Waals surface area contributed by atoms with E-state index in [1.165, 1.54) is 35.0 Å². The van der Waals surface area contributed by atoms with Crippen molar-refractivity contribution in [3.63, 3.8) is 0 Å². The maximum atomic E-state index is 11.7. The van der Waals surface area contributed by atoms with Gasteiger partial charge in [-0.1, -0.05) is 6.07 Å². The Hall–Kier alpha value is -1.59. The van der Waals surface area contributed by atoms with Crippen LogP contribution in [0.15, 0.2) is 29.6 Å². The molecule has 140 valence electrons. The van der Waals surface area contributed by atoms with E-state index in [0.29, 0.717) is 6.04 Å². The second-order valence-electron chi connectivity index (χ2n) is 7.59. The van der Waals surface area contributed by atoms with Gasteiger partial charge in [-0.05, 0) is 55.8 Å². The predicted molar refractivity (Wildman–Crippen MR) is 110 cm³/mol. The molecule has 1 aliphatic heterocycles. The minimum atomic E-state index is 0.253. The van der Waals surface area contributed by atoms with Crippen LogP contribution in [-0.4, -0.2) is 61.0 Å². The molecule has 2 heterocycles. The van der Waals surface area contributed by atoms with Crippen LogP contribution in [0.2, 0.25) is 0 Å². The molecule has 26 heavy (non-hydrogen) atoms. The first-order valence-electron chi connectivity index (χ1n) is 9.93. The van der Waals surface area contributed by atoms with Crippen LogP contribution >= 0.6 is 11.3 Å². The van der Waals surface area contributed by atoms with Gasteiger partial charge in [0.05, 0.1) is 0 Å². The Morgan fingerprint density at radius 3 is 2.69 bits per heavy atom. The summed E-state index contributed by atoms with van der Waals surface area (Å²) in [7, 11) is 0. The minimum Gasteiger partial charge on any atom is -0.368 e. The third-order valence-electron chi connectivity index (χ3n) is 5.70. The van der Waals surface area contributed by atoms with E-state index in [4.69, 9.17) is 0 Å². The number of thiophene rings is 1. The normalized spacial score (nSPS) is 18.4. The number of unbranched alkanes of at least 4 members (excludes halogenated alkanes) is 1. The average molecular weight is 372 g/mol. The van der Waals surface area contributed by atoms with Crippen molar-refractivity contribution in [1.29, 1.82) is 0 Å². The number of benzene rings is 1. The van der Waals surface area contributed by atoms with Gasteiger partial charge in [0.2, 0.25) is 5.91 Å². The zero-order valence-electron chi connectivity index (χ0n) is 15.7. The fraction of sp³-hybridized carbons (Fsp3) is 0.571. The Balaban J connectivity index is 1.21. The quantitative estimate of drug-likeness (QED) is 0.693. The largest absolute Gasteiger partial charge is 0.368 e. The van der Waals surface area contributed by atoms with Crippen LogP contribution in [0.3, 0.4) is 0 Å². The first-order valence-corrected chi connectivity index (χ1v) is 10.8. The second kappa shape index (κ2) is 7.97. The molecule has 2 aromatic rings. The van der Waals surface area contributed by atoms with E-state index in [-0.39, 0.29) is 5.91 Å². The molecule has 2 aliphatic rings. The molecule has 1 aromatic carbocycles. The maximum absolute atomic E-state index is 11.7. The highest BCUT2D eigenvalue weighted by Crippen LogP contribution is 2.31. The van der Waals surface area contributed by atoms with Crippen LogP contribution < -0.4 is 4.90 Å². The van der Waals surface area contributed by atoms with Gasteiger partial charge in [0.15, 0.2) is 0 Å². The van der Waals surface area contributed by atoms with Gasteiger partial charge in [-0.25, -0.2) is 0 Å². The number of anilines is 1. The predicted octanol–water partition coefficient (Wildman–Crippen LogP) is 3.81. The maximum Gasteiger partial charge on any atom is 0.219 e. The van der Waals surface area contributed by atoms with Crippen molar-refractivity contribution in [3.8, 4) is 0 Å². The zero-order valence-corrected chi connectivity index (χ0v) is 16.5. The minimum absolute atomic E-state index is 0.253. The van der Waals surface area contributed by atoms with E-state index in [1.54, 1.807) is 6.92 Å². The summed E-state index contributed by atoms with van der Waals surface area (Å²) in [4.78, 5) is 18.9. The number of fused-ring (bicyclic) bond motifs is 1. The first kappa shape index (κ1) is 17.8. The van der Waals surface area contributed by atoms with Gasteiger partial charge in [-0.15, -0.1) is 11.3 Å². The second-order valence-corrected chi connectivity index (χ2v) is 8.54. The number of rotatable bonds is 7. The lowest BCUT2D eigenvalue weighted by Crippen LogP contribution is -2.46. The van der Waals surface area contributed by atoms with Crippen molar-refractivity contribution in [2.24, 2.45) is 0 Å². The SMILES string of the molecule is CC(=O)N(CCCCN1CCN(c2cccc3sccc23)CC1)C1CC1. The molecular weight excluding hydrogens is 342 g/mol. The molecule has 1 amide bonds. The van der Waals surface area contributed by atoms with Crippen molar-refractivity contribution < 1.29 is 4.79 Å². The molecule has 0 spiro atoms. The van der Waals surface area contributed by atoms with Crippen LogP contribution in [0.25, 0.3) is 10.1 Å². The highest BCUT2D eigenvalue weighted by molar-refractivity contribution is 7.17. The monoisotopic (exact) mass is 371 g/mol. The Bertz CT molecular complexity index is 747. The number of piperazine rings is 1. The van der Waals surface area contributed by atoms with Gasteiger partial charge in [0.25, 0.3) is 0 Å². The summed E-state index contributed by atoms with van der Waals surface area (Å²) in [6.45, 7) is 8.31. The summed E-state index contributed by atoms with van der Waals surface area (Å²) in [5.41, 5.74) is 1.39. The summed E-state index contributed by atoms with van der Waals surface area (Å²) in [5.74, 6) is 0.253. The molecule has 2 fully saturated rings. The van der Waals surface area contributed by atoms with Crippen molar-refractivity contribution in [2.75, 3.05) is 44.2 Å². The molecule has 4 rings (SSSR count). The molecule has 1 saturated heterocycles. The Kier molecular flexibility index (Phi) is 5.46. The fourth-order valence-electron chi connectivity index (χ4n) is 4.07. The van der Waals surface area contributed by atoms with Crippen LogP contribution in [0, 0.1) is 0 Å². The molecule has 4 nitrogen and oxygen atoms in total. The molecule has 1 aliphatic carbocycles. The molecule has 1 saturated carbocycles. The Morgan fingerprint density at radius 2 is 1.96 bits per heavy atom. The lowest BCUT2D eigenvalue weighted by Gasteiger charge is -2.36. The zero-order chi connectivity index (χ0) is 17.9. The van der Waals surface area contributed by atoms with Gasteiger partial charge in [-0.2, -0.15) is 0 Å². The smallest absolute Gasteiger partial charge is 0.219 e. The lowest BCUT2D eigenvalue weighted by molar-refractivity contribution is -0.129. The third-order valence-corrected chi connectivity index (χ3v) is 6.58. The molecule has 0 radical (unpaired) electrons. The van der Waals surface area contributed by atoms with Crippen molar-refractivity contribution in [2.45, 2.75) is 38.6 Å². The van der Waals surface area contributed by atoms with Crippen molar-refractivity contribution in [3.05, 3.63) is 29.6 Å². The van der Waals surface area contributed by atoms with Crippen molar-refractivity contribution in [1.82, 2.24) is 9.80 Å². The highest BCUT2D eigenvalue weighted by atomic mass is 32.1. The summed E-state index contributed by atoms with van der Waals surface area (Å²) >= 11 is 1.83. The van der Waals surface area contributed by atoms with Gasteiger partial charge >= 0.3 is 0 Å². The van der Waals surface area contributed by atoms with Crippen LogP contribution in [0.1, 0.15) is 32.6 Å². The van der Waals surface area contributed by atoms with Crippen LogP contribution in [0.5, 0.6) is 0 Å². The highest BCUT2D eigenvalue weighted by Gasteiger charge is 2.30. The Labute approximate surface area is 160 Å². The summed E-state index contributed by atoms with van der Waals surface area (Å²) in [5, 5.41) is 3.59. The molecule has 0 N–H and O–H groups in total. The van der Waals surface area contributed by atoms with E-state index in [9.17, 15) is 4.79 Å². The van der Waals surface area contributed by atoms with Gasteiger partial charge < -0.3 is 9.80 Å². The third kappa shape index (κ3) is 4.04. The summed E-state index contributed by atoms with van der Waals surface area (Å²) in [6.07, 6.45) is 4.73. The summed E-state index contributed by atoms with van der Waals surface area (Å²) in [6, 6.07) is 9.46. The molecule has 1 aromatic heterocycles. The topological polar surface area (TPSA) is 26.8 Å². The van der Waals surface area contributed by atoms with E-state index >= 15 is 0 Å². The first-order chi connectivity index (χ1) is 12.7.